The summed E-state index contributed by atoms with van der Waals surface area (Å²) in [7, 11) is 0. The van der Waals surface area contributed by atoms with E-state index in [1.165, 1.54) is 12.1 Å². The van der Waals surface area contributed by atoms with E-state index in [1.807, 2.05) is 76.1 Å². The minimum atomic E-state index is -0.289. The van der Waals surface area contributed by atoms with Gasteiger partial charge in [-0.2, -0.15) is 0 Å². The smallest absolute Gasteiger partial charge is 0.270 e. The normalized spacial score (nSPS) is 16.3. The Balaban J connectivity index is 1.36. The minimum Gasteiger partial charge on any atom is -0.334 e. The summed E-state index contributed by atoms with van der Waals surface area (Å²) in [5, 5.41) is 3.00. The third-order valence-corrected chi connectivity index (χ3v) is 7.38. The molecule has 0 N–H and O–H groups in total. The van der Waals surface area contributed by atoms with Crippen molar-refractivity contribution in [3.8, 4) is 0 Å². The van der Waals surface area contributed by atoms with Gasteiger partial charge in [0.05, 0.1) is 0 Å². The topological polar surface area (TPSA) is 45.6 Å². The zero-order chi connectivity index (χ0) is 23.8. The molecule has 1 atom stereocenters. The van der Waals surface area contributed by atoms with E-state index in [9.17, 15) is 14.0 Å². The maximum absolute atomic E-state index is 13.8. The predicted molar refractivity (Wildman–Crippen MR) is 133 cm³/mol. The molecular formula is C27H26FN3O2S. The van der Waals surface area contributed by atoms with E-state index in [0.29, 0.717) is 37.4 Å². The molecule has 2 aromatic carbocycles. The standard InChI is InChI=1S/C27H26FN3O2S/c1-18-6-8-21(9-7-18)25(32)30-12-11-29(16-19(30)2)26(33)24-15-22-10-13-34-27(22)31(24)17-20-4-3-5-23(28)14-20/h3-10,13-15,19H,11-12,16-17H2,1-2H3. The van der Waals surface area contributed by atoms with Gasteiger partial charge in [0.25, 0.3) is 11.8 Å². The highest BCUT2D eigenvalue weighted by molar-refractivity contribution is 7.16. The van der Waals surface area contributed by atoms with Crippen molar-refractivity contribution in [3.63, 3.8) is 0 Å². The van der Waals surface area contributed by atoms with Crippen LogP contribution in [0.25, 0.3) is 10.2 Å². The third-order valence-electron chi connectivity index (χ3n) is 6.43. The Morgan fingerprint density at radius 1 is 1.03 bits per heavy atom. The van der Waals surface area contributed by atoms with E-state index in [4.69, 9.17) is 0 Å². The van der Waals surface area contributed by atoms with Crippen LogP contribution in [0.5, 0.6) is 0 Å². The molecule has 174 valence electrons. The Morgan fingerprint density at radius 2 is 1.82 bits per heavy atom. The second-order valence-corrected chi connectivity index (χ2v) is 9.79. The Labute approximate surface area is 202 Å². The van der Waals surface area contributed by atoms with Gasteiger partial charge in [0.1, 0.15) is 16.3 Å². The van der Waals surface area contributed by atoms with Crippen LogP contribution < -0.4 is 0 Å². The quantitative estimate of drug-likeness (QED) is 0.408. The molecule has 1 saturated heterocycles. The molecule has 1 unspecified atom stereocenters. The number of fused-ring (bicyclic) bond motifs is 1. The molecule has 1 aliphatic rings. The number of thiophene rings is 1. The maximum Gasteiger partial charge on any atom is 0.270 e. The third kappa shape index (κ3) is 4.23. The van der Waals surface area contributed by atoms with Gasteiger partial charge in [-0.1, -0.05) is 29.8 Å². The van der Waals surface area contributed by atoms with Gasteiger partial charge in [-0.3, -0.25) is 9.59 Å². The van der Waals surface area contributed by atoms with Crippen molar-refractivity contribution < 1.29 is 14.0 Å². The van der Waals surface area contributed by atoms with Crippen molar-refractivity contribution in [1.29, 1.82) is 0 Å². The number of carbonyl (C=O) groups is 2. The van der Waals surface area contributed by atoms with Gasteiger partial charge in [0.15, 0.2) is 0 Å². The van der Waals surface area contributed by atoms with Crippen molar-refractivity contribution >= 4 is 33.4 Å². The molecule has 1 fully saturated rings. The summed E-state index contributed by atoms with van der Waals surface area (Å²) in [5.41, 5.74) is 3.18. The van der Waals surface area contributed by atoms with Crippen LogP contribution >= 0.6 is 11.3 Å². The lowest BCUT2D eigenvalue weighted by molar-refractivity contribution is 0.0409. The molecule has 0 bridgehead atoms. The summed E-state index contributed by atoms with van der Waals surface area (Å²) in [6, 6.07) is 17.9. The van der Waals surface area contributed by atoms with Gasteiger partial charge < -0.3 is 14.4 Å². The van der Waals surface area contributed by atoms with Gasteiger partial charge in [-0.25, -0.2) is 4.39 Å². The van der Waals surface area contributed by atoms with Gasteiger partial charge in [0.2, 0.25) is 0 Å². The van der Waals surface area contributed by atoms with Crippen LogP contribution in [-0.4, -0.2) is 51.9 Å². The molecule has 2 amide bonds. The molecule has 2 aromatic heterocycles. The fraction of sp³-hybridized carbons (Fsp3) is 0.259. The van der Waals surface area contributed by atoms with E-state index >= 15 is 0 Å². The number of piperazine rings is 1. The number of aryl methyl sites for hydroxylation is 1. The second-order valence-electron chi connectivity index (χ2n) is 8.89. The first kappa shape index (κ1) is 22.3. The van der Waals surface area contributed by atoms with E-state index in [0.717, 1.165) is 21.3 Å². The molecule has 0 saturated carbocycles. The average molecular weight is 476 g/mol. The number of benzene rings is 2. The van der Waals surface area contributed by atoms with Crippen LogP contribution in [-0.2, 0) is 6.54 Å². The molecule has 0 radical (unpaired) electrons. The van der Waals surface area contributed by atoms with Crippen molar-refractivity contribution in [2.24, 2.45) is 0 Å². The minimum absolute atomic E-state index is 0.00501. The first-order valence-corrected chi connectivity index (χ1v) is 12.3. The van der Waals surface area contributed by atoms with Crippen molar-refractivity contribution in [2.75, 3.05) is 19.6 Å². The Kier molecular flexibility index (Phi) is 5.96. The fourth-order valence-electron chi connectivity index (χ4n) is 4.59. The SMILES string of the molecule is Cc1ccc(C(=O)N2CCN(C(=O)c3cc4ccsc4n3Cc3cccc(F)c3)CC2C)cc1. The van der Waals surface area contributed by atoms with Crippen LogP contribution in [0.3, 0.4) is 0 Å². The predicted octanol–water partition coefficient (Wildman–Crippen LogP) is 5.19. The second kappa shape index (κ2) is 9.06. The van der Waals surface area contributed by atoms with Gasteiger partial charge >= 0.3 is 0 Å². The van der Waals surface area contributed by atoms with Crippen LogP contribution in [0.4, 0.5) is 4.39 Å². The number of nitrogens with zero attached hydrogens (tertiary/aromatic N) is 3. The zero-order valence-electron chi connectivity index (χ0n) is 19.2. The monoisotopic (exact) mass is 475 g/mol. The molecule has 7 heteroatoms. The molecule has 1 aliphatic heterocycles. The molecule has 0 aliphatic carbocycles. The summed E-state index contributed by atoms with van der Waals surface area (Å²) in [4.78, 5) is 31.3. The lowest BCUT2D eigenvalue weighted by Crippen LogP contribution is -2.55. The summed E-state index contributed by atoms with van der Waals surface area (Å²) >= 11 is 1.57. The number of aromatic nitrogens is 1. The van der Waals surface area contributed by atoms with Crippen LogP contribution in [0.15, 0.2) is 66.0 Å². The average Bonchev–Trinajstić information content (AvgIpc) is 3.41. The molecule has 3 heterocycles. The first-order valence-electron chi connectivity index (χ1n) is 11.4. The van der Waals surface area contributed by atoms with Crippen LogP contribution in [0, 0.1) is 12.7 Å². The summed E-state index contributed by atoms with van der Waals surface area (Å²) in [6.45, 7) is 5.82. The van der Waals surface area contributed by atoms with Crippen molar-refractivity contribution in [2.45, 2.75) is 26.4 Å². The number of halogens is 1. The summed E-state index contributed by atoms with van der Waals surface area (Å²) < 4.78 is 15.8. The molecular weight excluding hydrogens is 449 g/mol. The molecule has 0 spiro atoms. The van der Waals surface area contributed by atoms with Crippen molar-refractivity contribution in [1.82, 2.24) is 14.4 Å². The Bertz CT molecular complexity index is 1360. The number of rotatable bonds is 4. The highest BCUT2D eigenvalue weighted by Crippen LogP contribution is 2.28. The lowest BCUT2D eigenvalue weighted by atomic mass is 10.1. The molecule has 5 nitrogen and oxygen atoms in total. The summed E-state index contributed by atoms with van der Waals surface area (Å²) in [6.07, 6.45) is 0. The van der Waals surface area contributed by atoms with Gasteiger partial charge in [0, 0.05) is 43.2 Å². The van der Waals surface area contributed by atoms with E-state index in [2.05, 4.69) is 0 Å². The van der Waals surface area contributed by atoms with Crippen LogP contribution in [0.1, 0.15) is 38.9 Å². The van der Waals surface area contributed by atoms with Gasteiger partial charge in [-0.05, 0) is 61.2 Å². The number of carbonyl (C=O) groups excluding carboxylic acids is 2. The van der Waals surface area contributed by atoms with Crippen molar-refractivity contribution in [3.05, 3.63) is 94.2 Å². The zero-order valence-corrected chi connectivity index (χ0v) is 20.0. The fourth-order valence-corrected chi connectivity index (χ4v) is 5.49. The van der Waals surface area contributed by atoms with E-state index < -0.39 is 0 Å². The first-order chi connectivity index (χ1) is 16.4. The number of amides is 2. The number of hydrogen-bond acceptors (Lipinski definition) is 3. The maximum atomic E-state index is 13.8. The Morgan fingerprint density at radius 3 is 2.56 bits per heavy atom. The van der Waals surface area contributed by atoms with Gasteiger partial charge in [-0.15, -0.1) is 11.3 Å². The lowest BCUT2D eigenvalue weighted by Gasteiger charge is -2.40. The summed E-state index contributed by atoms with van der Waals surface area (Å²) in [5.74, 6) is -0.355. The van der Waals surface area contributed by atoms with E-state index in [-0.39, 0.29) is 23.7 Å². The van der Waals surface area contributed by atoms with Crippen LogP contribution in [0.2, 0.25) is 0 Å². The highest BCUT2D eigenvalue weighted by atomic mass is 32.1. The number of hydrogen-bond donors (Lipinski definition) is 0. The van der Waals surface area contributed by atoms with E-state index in [1.54, 1.807) is 17.4 Å². The Hall–Kier alpha value is -3.45. The largest absolute Gasteiger partial charge is 0.334 e. The molecule has 34 heavy (non-hydrogen) atoms. The molecule has 5 rings (SSSR count). The molecule has 4 aromatic rings. The highest BCUT2D eigenvalue weighted by Gasteiger charge is 2.32.